The molecule has 0 bridgehead atoms. The zero-order valence-corrected chi connectivity index (χ0v) is 15.5. The Bertz CT molecular complexity index is 613. The van der Waals surface area contributed by atoms with E-state index < -0.39 is 0 Å². The fraction of sp³-hybridized carbons (Fsp3) is 0.833. The van der Waals surface area contributed by atoms with Crippen LogP contribution in [0.2, 0.25) is 0 Å². The first-order chi connectivity index (χ1) is 12.2. The van der Waals surface area contributed by atoms with Crippen molar-refractivity contribution < 1.29 is 0 Å². The molecule has 1 saturated heterocycles. The Hall–Kier alpha value is -1.63. The van der Waals surface area contributed by atoms with Crippen LogP contribution in [0.5, 0.6) is 0 Å². The molecule has 2 heterocycles. The number of aliphatic imine (C=N–C) groups is 1. The molecule has 3 aliphatic rings. The summed E-state index contributed by atoms with van der Waals surface area (Å²) in [6.07, 6.45) is 9.15. The van der Waals surface area contributed by atoms with E-state index in [1.807, 2.05) is 18.5 Å². The van der Waals surface area contributed by atoms with Crippen molar-refractivity contribution in [3.63, 3.8) is 0 Å². The minimum absolute atomic E-state index is 0.509. The summed E-state index contributed by atoms with van der Waals surface area (Å²) in [6.45, 7) is 4.92. The number of nitrogens with one attached hydrogen (secondary N) is 2. The van der Waals surface area contributed by atoms with Crippen LogP contribution in [0.1, 0.15) is 56.6 Å². The van der Waals surface area contributed by atoms with E-state index in [1.54, 1.807) is 0 Å². The van der Waals surface area contributed by atoms with E-state index in [0.29, 0.717) is 18.6 Å². The fourth-order valence-electron chi connectivity index (χ4n) is 4.00. The molecule has 0 amide bonds. The Morgan fingerprint density at radius 1 is 1.08 bits per heavy atom. The van der Waals surface area contributed by atoms with E-state index in [4.69, 9.17) is 4.99 Å². The molecule has 2 N–H and O–H groups in total. The predicted octanol–water partition coefficient (Wildman–Crippen LogP) is 1.34. The van der Waals surface area contributed by atoms with Crippen molar-refractivity contribution in [3.05, 3.63) is 11.6 Å². The topological polar surface area (TPSA) is 70.4 Å². The van der Waals surface area contributed by atoms with Gasteiger partial charge >= 0.3 is 0 Å². The maximum absolute atomic E-state index is 4.83. The van der Waals surface area contributed by atoms with Crippen LogP contribution in [0, 0.1) is 6.92 Å². The third-order valence-corrected chi connectivity index (χ3v) is 5.88. The van der Waals surface area contributed by atoms with Gasteiger partial charge in [0.15, 0.2) is 11.8 Å². The van der Waals surface area contributed by atoms with Crippen LogP contribution in [0.3, 0.4) is 0 Å². The molecule has 7 heteroatoms. The maximum atomic E-state index is 4.83. The van der Waals surface area contributed by atoms with E-state index in [1.165, 1.54) is 51.5 Å². The molecule has 1 aromatic rings. The van der Waals surface area contributed by atoms with Gasteiger partial charge in [0.25, 0.3) is 0 Å². The largest absolute Gasteiger partial charge is 0.354 e. The summed E-state index contributed by atoms with van der Waals surface area (Å²) in [7, 11) is 2.00. The summed E-state index contributed by atoms with van der Waals surface area (Å²) in [5.41, 5.74) is 0. The molecule has 3 fully saturated rings. The first-order valence-corrected chi connectivity index (χ1v) is 9.85. The van der Waals surface area contributed by atoms with Crippen molar-refractivity contribution in [1.82, 2.24) is 30.3 Å². The number of rotatable bonds is 5. The van der Waals surface area contributed by atoms with Crippen LogP contribution in [0.25, 0.3) is 0 Å². The van der Waals surface area contributed by atoms with Crippen LogP contribution in [0.4, 0.5) is 0 Å². The van der Waals surface area contributed by atoms with Gasteiger partial charge < -0.3 is 15.2 Å². The zero-order valence-electron chi connectivity index (χ0n) is 15.5. The highest BCUT2D eigenvalue weighted by atomic mass is 15.3. The lowest BCUT2D eigenvalue weighted by Gasteiger charge is -2.21. The fourth-order valence-corrected chi connectivity index (χ4v) is 4.00. The lowest BCUT2D eigenvalue weighted by Crippen LogP contribution is -2.47. The molecule has 7 nitrogen and oxygen atoms in total. The molecule has 25 heavy (non-hydrogen) atoms. The first kappa shape index (κ1) is 16.8. The number of hydrogen-bond donors (Lipinski definition) is 2. The minimum atomic E-state index is 0.509. The van der Waals surface area contributed by atoms with Crippen LogP contribution in [0.15, 0.2) is 4.99 Å². The lowest BCUT2D eigenvalue weighted by molar-refractivity contribution is 0.321. The second kappa shape index (κ2) is 7.32. The van der Waals surface area contributed by atoms with Gasteiger partial charge in [-0.3, -0.25) is 4.90 Å². The summed E-state index contributed by atoms with van der Waals surface area (Å²) in [6, 6.07) is 1.93. The molecular formula is C18H31N7. The summed E-state index contributed by atoms with van der Waals surface area (Å²) < 4.78 is 2.01. The first-order valence-electron chi connectivity index (χ1n) is 9.85. The lowest BCUT2D eigenvalue weighted by atomic mass is 10.2. The number of guanidine groups is 1. The van der Waals surface area contributed by atoms with Crippen molar-refractivity contribution in [3.8, 4) is 0 Å². The van der Waals surface area contributed by atoms with Gasteiger partial charge in [-0.2, -0.15) is 0 Å². The quantitative estimate of drug-likeness (QED) is 0.622. The monoisotopic (exact) mass is 345 g/mol. The molecule has 138 valence electrons. The molecule has 1 aromatic heterocycles. The number of likely N-dealkylation sites (tertiary alicyclic amines) is 1. The SMILES string of the molecule is Cc1nnc(CN=C(NC2CCCC2)NC2CCN(C3CC3)C2)n1C. The highest BCUT2D eigenvalue weighted by molar-refractivity contribution is 5.80. The van der Waals surface area contributed by atoms with Crippen molar-refractivity contribution in [2.45, 2.75) is 76.5 Å². The van der Waals surface area contributed by atoms with Gasteiger partial charge in [-0.1, -0.05) is 12.8 Å². The Morgan fingerprint density at radius 2 is 1.84 bits per heavy atom. The highest BCUT2D eigenvalue weighted by Gasteiger charge is 2.34. The van der Waals surface area contributed by atoms with Crippen molar-refractivity contribution in [2.24, 2.45) is 12.0 Å². The van der Waals surface area contributed by atoms with Gasteiger partial charge in [0.2, 0.25) is 0 Å². The average molecular weight is 345 g/mol. The van der Waals surface area contributed by atoms with Crippen LogP contribution >= 0.6 is 0 Å². The molecule has 0 aromatic carbocycles. The number of aromatic nitrogens is 3. The van der Waals surface area contributed by atoms with Crippen LogP contribution in [-0.2, 0) is 13.6 Å². The maximum Gasteiger partial charge on any atom is 0.192 e. The summed E-state index contributed by atoms with van der Waals surface area (Å²) in [4.78, 5) is 7.47. The normalized spacial score (nSPS) is 25.7. The summed E-state index contributed by atoms with van der Waals surface area (Å²) >= 11 is 0. The summed E-state index contributed by atoms with van der Waals surface area (Å²) in [5, 5.41) is 15.7. The molecule has 0 spiro atoms. The zero-order chi connectivity index (χ0) is 17.2. The highest BCUT2D eigenvalue weighted by Crippen LogP contribution is 2.29. The Morgan fingerprint density at radius 3 is 2.52 bits per heavy atom. The molecule has 1 aliphatic heterocycles. The van der Waals surface area contributed by atoms with E-state index in [-0.39, 0.29) is 0 Å². The second-order valence-corrected chi connectivity index (χ2v) is 7.87. The van der Waals surface area contributed by atoms with Gasteiger partial charge in [0.05, 0.1) is 0 Å². The molecule has 0 radical (unpaired) electrons. The van der Waals surface area contributed by atoms with Crippen molar-refractivity contribution in [1.29, 1.82) is 0 Å². The van der Waals surface area contributed by atoms with Crippen LogP contribution in [-0.4, -0.2) is 56.8 Å². The number of nitrogens with zero attached hydrogens (tertiary/aromatic N) is 5. The third-order valence-electron chi connectivity index (χ3n) is 5.88. The average Bonchev–Trinajstić information content (AvgIpc) is 2.99. The van der Waals surface area contributed by atoms with Gasteiger partial charge in [-0.05, 0) is 39.0 Å². The van der Waals surface area contributed by atoms with Crippen molar-refractivity contribution >= 4 is 5.96 Å². The smallest absolute Gasteiger partial charge is 0.192 e. The molecule has 1 unspecified atom stereocenters. The predicted molar refractivity (Wildman–Crippen MR) is 98.4 cm³/mol. The molecular weight excluding hydrogens is 314 g/mol. The van der Waals surface area contributed by atoms with Crippen LogP contribution < -0.4 is 10.6 Å². The van der Waals surface area contributed by atoms with E-state index in [2.05, 4.69) is 25.7 Å². The summed E-state index contributed by atoms with van der Waals surface area (Å²) in [5.74, 6) is 2.80. The Labute approximate surface area is 150 Å². The second-order valence-electron chi connectivity index (χ2n) is 7.87. The minimum Gasteiger partial charge on any atom is -0.354 e. The molecule has 2 aliphatic carbocycles. The molecule has 2 saturated carbocycles. The Balaban J connectivity index is 1.39. The Kier molecular flexibility index (Phi) is 4.92. The third kappa shape index (κ3) is 4.14. The van der Waals surface area contributed by atoms with Gasteiger partial charge in [-0.15, -0.1) is 10.2 Å². The number of hydrogen-bond acceptors (Lipinski definition) is 4. The van der Waals surface area contributed by atoms with E-state index in [9.17, 15) is 0 Å². The standard InChI is InChI=1S/C18H31N7/c1-13-22-23-17(24(13)2)11-19-18(20-14-5-3-4-6-14)21-15-9-10-25(12-15)16-7-8-16/h14-16H,3-12H2,1-2H3,(H2,19,20,21). The van der Waals surface area contributed by atoms with E-state index in [0.717, 1.165) is 30.2 Å². The van der Waals surface area contributed by atoms with Gasteiger partial charge in [0.1, 0.15) is 12.4 Å². The molecule has 1 atom stereocenters. The van der Waals surface area contributed by atoms with E-state index >= 15 is 0 Å². The van der Waals surface area contributed by atoms with Gasteiger partial charge in [-0.25, -0.2) is 4.99 Å². The number of aryl methyl sites for hydroxylation is 1. The molecule has 4 rings (SSSR count). The van der Waals surface area contributed by atoms with Gasteiger partial charge in [0, 0.05) is 38.3 Å². The van der Waals surface area contributed by atoms with Crippen molar-refractivity contribution in [2.75, 3.05) is 13.1 Å².